The Morgan fingerprint density at radius 3 is 1.67 bits per heavy atom. The SMILES string of the molecule is CCCCCCCCCCCCS(=O)(=O)OS.[H-].[Na+]. The maximum absolute atomic E-state index is 10.9. The molecule has 0 amide bonds. The summed E-state index contributed by atoms with van der Waals surface area (Å²) in [6.45, 7) is 2.22. The van der Waals surface area contributed by atoms with Crippen LogP contribution in [0.4, 0.5) is 0 Å². The van der Waals surface area contributed by atoms with Gasteiger partial charge in [0.1, 0.15) is 0 Å². The molecule has 0 bridgehead atoms. The van der Waals surface area contributed by atoms with Crippen molar-refractivity contribution in [1.82, 2.24) is 0 Å². The summed E-state index contributed by atoms with van der Waals surface area (Å²) in [4.78, 5) is 0. The first-order chi connectivity index (χ1) is 8.12. The maximum Gasteiger partial charge on any atom is 1.00 e. The largest absolute Gasteiger partial charge is 1.00 e. The van der Waals surface area contributed by atoms with Gasteiger partial charge in [0, 0.05) is 0 Å². The molecule has 0 radical (unpaired) electrons. The van der Waals surface area contributed by atoms with E-state index in [0.717, 1.165) is 12.8 Å². The molecule has 0 rings (SSSR count). The summed E-state index contributed by atoms with van der Waals surface area (Å²) in [6.07, 6.45) is 11.9. The molecule has 106 valence electrons. The Hall–Kier alpha value is 1.26. The van der Waals surface area contributed by atoms with Gasteiger partial charge in [0.05, 0.1) is 5.75 Å². The van der Waals surface area contributed by atoms with Crippen molar-refractivity contribution in [3.8, 4) is 0 Å². The van der Waals surface area contributed by atoms with E-state index in [1.165, 1.54) is 44.9 Å². The smallest absolute Gasteiger partial charge is 1.00 e. The molecular formula is C12H27NaO3S2. The van der Waals surface area contributed by atoms with Gasteiger partial charge in [-0.1, -0.05) is 64.7 Å². The molecule has 0 N–H and O–H groups in total. The second-order valence-corrected chi connectivity index (χ2v) is 6.64. The molecule has 0 saturated carbocycles. The van der Waals surface area contributed by atoms with Crippen molar-refractivity contribution in [3.05, 3.63) is 0 Å². The van der Waals surface area contributed by atoms with Gasteiger partial charge in [-0.05, 0) is 19.3 Å². The summed E-state index contributed by atoms with van der Waals surface area (Å²) in [5.74, 6) is 0.0903. The summed E-state index contributed by atoms with van der Waals surface area (Å²) in [5.41, 5.74) is 0. The summed E-state index contributed by atoms with van der Waals surface area (Å²) in [5, 5.41) is 0. The topological polar surface area (TPSA) is 43.4 Å². The van der Waals surface area contributed by atoms with E-state index in [9.17, 15) is 8.42 Å². The van der Waals surface area contributed by atoms with Gasteiger partial charge in [-0.3, -0.25) is 0 Å². The minimum Gasteiger partial charge on any atom is -1.00 e. The van der Waals surface area contributed by atoms with Gasteiger partial charge in [0.15, 0.2) is 0 Å². The van der Waals surface area contributed by atoms with Gasteiger partial charge in [0.2, 0.25) is 0 Å². The molecule has 0 saturated heterocycles. The normalized spacial score (nSPS) is 11.2. The summed E-state index contributed by atoms with van der Waals surface area (Å²) in [6, 6.07) is 0. The summed E-state index contributed by atoms with van der Waals surface area (Å²) >= 11 is 3.31. The number of rotatable bonds is 12. The monoisotopic (exact) mass is 306 g/mol. The van der Waals surface area contributed by atoms with Crippen LogP contribution in [-0.4, -0.2) is 14.2 Å². The van der Waals surface area contributed by atoms with Gasteiger partial charge in [0.25, 0.3) is 10.1 Å². The molecule has 0 aliphatic carbocycles. The van der Waals surface area contributed by atoms with Crippen LogP contribution in [0.2, 0.25) is 0 Å². The number of thiol groups is 1. The van der Waals surface area contributed by atoms with Crippen molar-refractivity contribution >= 4 is 23.0 Å². The van der Waals surface area contributed by atoms with Crippen LogP contribution in [0.5, 0.6) is 0 Å². The second-order valence-electron chi connectivity index (χ2n) is 4.52. The second kappa shape index (κ2) is 14.7. The summed E-state index contributed by atoms with van der Waals surface area (Å²) < 4.78 is 26.0. The van der Waals surface area contributed by atoms with Crippen molar-refractivity contribution < 1.29 is 43.0 Å². The molecule has 6 heteroatoms. The van der Waals surface area contributed by atoms with Crippen LogP contribution in [0.1, 0.15) is 72.6 Å². The Morgan fingerprint density at radius 1 is 0.889 bits per heavy atom. The van der Waals surface area contributed by atoms with Gasteiger partial charge in [-0.15, -0.1) is 0 Å². The molecule has 0 atom stereocenters. The van der Waals surface area contributed by atoms with E-state index in [-0.39, 0.29) is 36.7 Å². The van der Waals surface area contributed by atoms with Gasteiger partial charge in [-0.25, -0.2) is 3.63 Å². The first-order valence-electron chi connectivity index (χ1n) is 6.68. The van der Waals surface area contributed by atoms with Crippen molar-refractivity contribution in [1.29, 1.82) is 0 Å². The van der Waals surface area contributed by atoms with Gasteiger partial charge < -0.3 is 1.43 Å². The van der Waals surface area contributed by atoms with E-state index in [1.807, 2.05) is 0 Å². The molecule has 0 unspecified atom stereocenters. The third-order valence-electron chi connectivity index (χ3n) is 2.86. The van der Waals surface area contributed by atoms with E-state index in [0.29, 0.717) is 6.42 Å². The molecule has 0 aromatic carbocycles. The van der Waals surface area contributed by atoms with Crippen LogP contribution in [-0.2, 0) is 13.7 Å². The third kappa shape index (κ3) is 15.3. The molecule has 3 nitrogen and oxygen atoms in total. The van der Waals surface area contributed by atoms with E-state index in [1.54, 1.807) is 0 Å². The number of unbranched alkanes of at least 4 members (excludes halogenated alkanes) is 9. The van der Waals surface area contributed by atoms with E-state index >= 15 is 0 Å². The number of hydrogen-bond acceptors (Lipinski definition) is 4. The van der Waals surface area contributed by atoms with Crippen LogP contribution < -0.4 is 29.6 Å². The molecule has 0 aromatic rings. The zero-order chi connectivity index (χ0) is 13.0. The van der Waals surface area contributed by atoms with Crippen LogP contribution in [0.25, 0.3) is 0 Å². The fraction of sp³-hybridized carbons (Fsp3) is 1.00. The third-order valence-corrected chi connectivity index (χ3v) is 4.56. The molecule has 0 aliphatic heterocycles. The molecule has 0 spiro atoms. The van der Waals surface area contributed by atoms with Crippen molar-refractivity contribution in [2.45, 2.75) is 71.1 Å². The van der Waals surface area contributed by atoms with Crippen LogP contribution in [0.15, 0.2) is 0 Å². The Morgan fingerprint density at radius 2 is 1.28 bits per heavy atom. The minimum absolute atomic E-state index is 0. The maximum atomic E-state index is 10.9. The first kappa shape index (κ1) is 21.6. The Bertz CT molecular complexity index is 262. The molecule has 0 aromatic heterocycles. The van der Waals surface area contributed by atoms with Gasteiger partial charge in [-0.2, -0.15) is 8.42 Å². The Labute approximate surface area is 142 Å². The molecule has 0 heterocycles. The molecule has 0 fully saturated rings. The van der Waals surface area contributed by atoms with Crippen LogP contribution in [0.3, 0.4) is 0 Å². The average Bonchev–Trinajstić information content (AvgIpc) is 2.31. The molecule has 18 heavy (non-hydrogen) atoms. The molecule has 0 aliphatic rings. The first-order valence-corrected chi connectivity index (χ1v) is 8.62. The predicted octanol–water partition coefficient (Wildman–Crippen LogP) is 1.21. The quantitative estimate of drug-likeness (QED) is 0.255. The Balaban J connectivity index is -0.00000128. The van der Waals surface area contributed by atoms with E-state index < -0.39 is 10.1 Å². The number of hydrogen-bond donors (Lipinski definition) is 1. The Kier molecular flexibility index (Phi) is 17.6. The van der Waals surface area contributed by atoms with E-state index in [4.69, 9.17) is 0 Å². The van der Waals surface area contributed by atoms with Gasteiger partial charge >= 0.3 is 29.6 Å². The zero-order valence-electron chi connectivity index (χ0n) is 12.9. The van der Waals surface area contributed by atoms with Crippen LogP contribution in [0, 0.1) is 0 Å². The average molecular weight is 306 g/mol. The van der Waals surface area contributed by atoms with Crippen molar-refractivity contribution in [2.24, 2.45) is 0 Å². The van der Waals surface area contributed by atoms with Crippen molar-refractivity contribution in [2.75, 3.05) is 5.75 Å². The van der Waals surface area contributed by atoms with Crippen molar-refractivity contribution in [3.63, 3.8) is 0 Å². The minimum atomic E-state index is -3.36. The fourth-order valence-corrected chi connectivity index (χ4v) is 2.66. The molecular weight excluding hydrogens is 279 g/mol. The zero-order valence-corrected chi connectivity index (χ0v) is 15.6. The standard InChI is InChI=1S/C12H26O3S2.Na.H/c1-2-3-4-5-6-7-8-9-10-11-12-17(13,14)15-16;;/h16H,2-12H2,1H3;;/q;+1;-1. The predicted molar refractivity (Wildman–Crippen MR) is 76.8 cm³/mol. The van der Waals surface area contributed by atoms with Crippen LogP contribution >= 0.6 is 12.9 Å². The fourth-order valence-electron chi connectivity index (χ4n) is 1.80. The summed E-state index contributed by atoms with van der Waals surface area (Å²) in [7, 11) is -3.36. The van der Waals surface area contributed by atoms with E-state index in [2.05, 4.69) is 23.5 Å².